The van der Waals surface area contributed by atoms with Crippen molar-refractivity contribution in [1.82, 2.24) is 9.88 Å². The number of aromatic nitrogens is 1. The molecule has 0 atom stereocenters. The van der Waals surface area contributed by atoms with E-state index in [2.05, 4.69) is 48.1 Å². The van der Waals surface area contributed by atoms with Crippen LogP contribution in [0.2, 0.25) is 0 Å². The maximum absolute atomic E-state index is 15.2. The molecule has 0 aliphatic carbocycles. The van der Waals surface area contributed by atoms with Crippen LogP contribution in [0.3, 0.4) is 0 Å². The molecule has 0 radical (unpaired) electrons. The third-order valence-corrected chi connectivity index (χ3v) is 8.30. The Kier molecular flexibility index (Phi) is 10.2. The summed E-state index contributed by atoms with van der Waals surface area (Å²) in [5.41, 5.74) is 3.49. The molecule has 5 rings (SSSR count). The van der Waals surface area contributed by atoms with E-state index >= 15 is 4.39 Å². The normalized spacial score (nSPS) is 14.5. The topological polar surface area (TPSA) is 76.1 Å². The van der Waals surface area contributed by atoms with Gasteiger partial charge in [-0.2, -0.15) is 0 Å². The predicted molar refractivity (Wildman–Crippen MR) is 174 cm³/mol. The largest absolute Gasteiger partial charge is 0.493 e. The second kappa shape index (κ2) is 14.3. The van der Waals surface area contributed by atoms with Gasteiger partial charge in [0.15, 0.2) is 23.1 Å². The van der Waals surface area contributed by atoms with E-state index in [0.29, 0.717) is 46.4 Å². The summed E-state index contributed by atoms with van der Waals surface area (Å²) >= 11 is 0. The molecule has 8 heteroatoms. The number of aliphatic hydroxyl groups excluding tert-OH is 1. The number of anilines is 2. The van der Waals surface area contributed by atoms with E-state index in [1.807, 2.05) is 24.3 Å². The molecule has 3 aromatic carbocycles. The number of nitrogens with one attached hydrogen (secondary N) is 1. The zero-order valence-corrected chi connectivity index (χ0v) is 26.2. The highest BCUT2D eigenvalue weighted by Crippen LogP contribution is 2.38. The number of halogens is 1. The maximum atomic E-state index is 15.2. The van der Waals surface area contributed by atoms with Crippen molar-refractivity contribution in [3.8, 4) is 23.0 Å². The standard InChI is InChI=1S/C36H44FN3O4/c1-36(2,3)26-6-8-27(9-7-26)39-28-10-11-33(30(37)22-28)44-32-12-16-38-31-24-35(34(42-4)23-29(31)32)43-21-5-17-40-18-13-25(14-19-40)15-20-41/h6-12,16,22-25,39,41H,5,13-15,17-21H2,1-4H3. The van der Waals surface area contributed by atoms with Crippen molar-refractivity contribution < 1.29 is 23.7 Å². The van der Waals surface area contributed by atoms with Crippen LogP contribution in [0.5, 0.6) is 23.0 Å². The van der Waals surface area contributed by atoms with Gasteiger partial charge >= 0.3 is 0 Å². The number of nitrogens with zero attached hydrogens (tertiary/aromatic N) is 2. The average Bonchev–Trinajstić information content (AvgIpc) is 3.01. The van der Waals surface area contributed by atoms with Gasteiger partial charge in [0.25, 0.3) is 0 Å². The Balaban J connectivity index is 1.22. The lowest BCUT2D eigenvalue weighted by molar-refractivity contribution is 0.150. The summed E-state index contributed by atoms with van der Waals surface area (Å²) in [6.07, 6.45) is 5.74. The van der Waals surface area contributed by atoms with Crippen LogP contribution in [0.4, 0.5) is 15.8 Å². The van der Waals surface area contributed by atoms with Crippen LogP contribution in [0.15, 0.2) is 66.9 Å². The predicted octanol–water partition coefficient (Wildman–Crippen LogP) is 8.08. The summed E-state index contributed by atoms with van der Waals surface area (Å²) in [6.45, 7) is 10.5. The van der Waals surface area contributed by atoms with Crippen molar-refractivity contribution in [2.24, 2.45) is 5.92 Å². The monoisotopic (exact) mass is 601 g/mol. The number of aliphatic hydroxyl groups is 1. The summed E-state index contributed by atoms with van der Waals surface area (Å²) in [5.74, 6) is 1.94. The molecule has 0 bridgehead atoms. The van der Waals surface area contributed by atoms with Gasteiger partial charge in [-0.1, -0.05) is 32.9 Å². The van der Waals surface area contributed by atoms with Crippen LogP contribution in [-0.2, 0) is 5.41 Å². The van der Waals surface area contributed by atoms with Crippen LogP contribution >= 0.6 is 0 Å². The van der Waals surface area contributed by atoms with E-state index in [9.17, 15) is 5.11 Å². The molecule has 4 aromatic rings. The molecule has 0 spiro atoms. The van der Waals surface area contributed by atoms with Gasteiger partial charge in [0.05, 0.1) is 19.2 Å². The molecule has 0 amide bonds. The Bertz CT molecular complexity index is 1530. The molecule has 2 heterocycles. The fourth-order valence-corrected chi connectivity index (χ4v) is 5.64. The molecule has 234 valence electrons. The smallest absolute Gasteiger partial charge is 0.167 e. The molecule has 0 saturated carbocycles. The third-order valence-electron chi connectivity index (χ3n) is 8.30. The number of ether oxygens (including phenoxy) is 3. The SMILES string of the molecule is COc1cc2c(Oc3ccc(Nc4ccc(C(C)(C)C)cc4)cc3F)ccnc2cc1OCCCN1CCC(CCO)CC1. The first-order chi connectivity index (χ1) is 21.2. The highest BCUT2D eigenvalue weighted by atomic mass is 19.1. The summed E-state index contributed by atoms with van der Waals surface area (Å²) < 4.78 is 33.0. The van der Waals surface area contributed by atoms with Gasteiger partial charge < -0.3 is 29.5 Å². The van der Waals surface area contributed by atoms with E-state index in [1.54, 1.807) is 31.5 Å². The zero-order valence-electron chi connectivity index (χ0n) is 26.2. The van der Waals surface area contributed by atoms with Crippen molar-refractivity contribution in [2.45, 2.75) is 51.9 Å². The Morgan fingerprint density at radius 3 is 2.36 bits per heavy atom. The molecule has 0 unspecified atom stereocenters. The Hall–Kier alpha value is -3.88. The van der Waals surface area contributed by atoms with Crippen LogP contribution in [-0.4, -0.2) is 54.9 Å². The number of benzene rings is 3. The second-order valence-corrected chi connectivity index (χ2v) is 12.5. The zero-order chi connectivity index (χ0) is 31.1. The molecule has 1 saturated heterocycles. The van der Waals surface area contributed by atoms with Gasteiger partial charge in [0.2, 0.25) is 0 Å². The summed E-state index contributed by atoms with van der Waals surface area (Å²) in [4.78, 5) is 6.97. The summed E-state index contributed by atoms with van der Waals surface area (Å²) in [5, 5.41) is 13.1. The van der Waals surface area contributed by atoms with Gasteiger partial charge in [0.1, 0.15) is 5.75 Å². The first-order valence-corrected chi connectivity index (χ1v) is 15.5. The average molecular weight is 602 g/mol. The number of rotatable bonds is 12. The van der Waals surface area contributed by atoms with Crippen LogP contribution in [0.1, 0.15) is 52.0 Å². The van der Waals surface area contributed by atoms with Gasteiger partial charge in [-0.3, -0.25) is 4.98 Å². The fourth-order valence-electron chi connectivity index (χ4n) is 5.64. The van der Waals surface area contributed by atoms with Gasteiger partial charge in [0, 0.05) is 48.2 Å². The van der Waals surface area contributed by atoms with Gasteiger partial charge in [-0.15, -0.1) is 0 Å². The van der Waals surface area contributed by atoms with E-state index in [0.717, 1.165) is 51.0 Å². The molecule has 7 nitrogen and oxygen atoms in total. The Morgan fingerprint density at radius 2 is 1.68 bits per heavy atom. The van der Waals surface area contributed by atoms with Crippen LogP contribution < -0.4 is 19.5 Å². The molecule has 2 N–H and O–H groups in total. The minimum Gasteiger partial charge on any atom is -0.493 e. The molecule has 1 fully saturated rings. The lowest BCUT2D eigenvalue weighted by atomic mass is 9.87. The van der Waals surface area contributed by atoms with Crippen LogP contribution in [0, 0.1) is 11.7 Å². The van der Waals surface area contributed by atoms with E-state index < -0.39 is 5.82 Å². The highest BCUT2D eigenvalue weighted by Gasteiger charge is 2.19. The first kappa shape index (κ1) is 31.5. The minimum atomic E-state index is -0.476. The third kappa shape index (κ3) is 7.98. The molecule has 1 aliphatic heterocycles. The maximum Gasteiger partial charge on any atom is 0.167 e. The molecule has 1 aliphatic rings. The molecule has 44 heavy (non-hydrogen) atoms. The summed E-state index contributed by atoms with van der Waals surface area (Å²) in [6, 6.07) is 18.4. The second-order valence-electron chi connectivity index (χ2n) is 12.5. The van der Waals surface area contributed by atoms with E-state index in [-0.39, 0.29) is 17.8 Å². The van der Waals surface area contributed by atoms with Crippen molar-refractivity contribution >= 4 is 22.3 Å². The van der Waals surface area contributed by atoms with E-state index in [1.165, 1.54) is 11.6 Å². The van der Waals surface area contributed by atoms with Crippen LogP contribution in [0.25, 0.3) is 10.9 Å². The van der Waals surface area contributed by atoms with Crippen molar-refractivity contribution in [2.75, 3.05) is 45.3 Å². The van der Waals surface area contributed by atoms with Gasteiger partial charge in [-0.25, -0.2) is 4.39 Å². The lowest BCUT2D eigenvalue weighted by Gasteiger charge is -2.31. The number of pyridine rings is 1. The number of fused-ring (bicyclic) bond motifs is 1. The number of methoxy groups -OCH3 is 1. The molecule has 1 aromatic heterocycles. The van der Waals surface area contributed by atoms with Crippen molar-refractivity contribution in [3.63, 3.8) is 0 Å². The van der Waals surface area contributed by atoms with E-state index in [4.69, 9.17) is 14.2 Å². The van der Waals surface area contributed by atoms with Crippen molar-refractivity contribution in [3.05, 3.63) is 78.2 Å². The first-order valence-electron chi connectivity index (χ1n) is 15.5. The quantitative estimate of drug-likeness (QED) is 0.159. The Labute approximate surface area is 260 Å². The Morgan fingerprint density at radius 1 is 0.932 bits per heavy atom. The lowest BCUT2D eigenvalue weighted by Crippen LogP contribution is -2.35. The fraction of sp³-hybridized carbons (Fsp3) is 0.417. The summed E-state index contributed by atoms with van der Waals surface area (Å²) in [7, 11) is 1.60. The number of likely N-dealkylation sites (tertiary alicyclic amines) is 1. The van der Waals surface area contributed by atoms with Gasteiger partial charge in [-0.05, 0) is 92.1 Å². The molecular formula is C36H44FN3O4. The number of hydrogen-bond acceptors (Lipinski definition) is 7. The van der Waals surface area contributed by atoms with Crippen molar-refractivity contribution in [1.29, 1.82) is 0 Å². The minimum absolute atomic E-state index is 0.0684. The number of hydrogen-bond donors (Lipinski definition) is 2. The highest BCUT2D eigenvalue weighted by molar-refractivity contribution is 5.88. The number of piperidine rings is 1. The molecular weight excluding hydrogens is 557 g/mol.